The molecule has 0 aliphatic carbocycles. The van der Waals surface area contributed by atoms with Crippen LogP contribution in [0, 0.1) is 5.82 Å². The van der Waals surface area contributed by atoms with Gasteiger partial charge in [-0.25, -0.2) is 4.39 Å². The van der Waals surface area contributed by atoms with Gasteiger partial charge in [-0.3, -0.25) is 19.3 Å². The van der Waals surface area contributed by atoms with Crippen LogP contribution in [-0.2, 0) is 9.59 Å². The van der Waals surface area contributed by atoms with Crippen LogP contribution in [0.3, 0.4) is 0 Å². The number of hydrogen-bond acceptors (Lipinski definition) is 6. The lowest BCUT2D eigenvalue weighted by molar-refractivity contribution is -0.127. The summed E-state index contributed by atoms with van der Waals surface area (Å²) in [5.41, 5.74) is 0.857. The van der Waals surface area contributed by atoms with Crippen LogP contribution in [0.25, 0.3) is 6.08 Å². The van der Waals surface area contributed by atoms with Crippen molar-refractivity contribution in [3.05, 3.63) is 57.2 Å². The van der Waals surface area contributed by atoms with Crippen LogP contribution < -0.4 is 14.8 Å². The van der Waals surface area contributed by atoms with Crippen LogP contribution in [0.1, 0.15) is 26.3 Å². The first-order valence-corrected chi connectivity index (χ1v) is 11.7. The maximum absolute atomic E-state index is 13.3. The number of amides is 3. The van der Waals surface area contributed by atoms with E-state index in [2.05, 4.69) is 21.2 Å². The fourth-order valence-electron chi connectivity index (χ4n) is 2.98. The van der Waals surface area contributed by atoms with Gasteiger partial charge in [-0.2, -0.15) is 0 Å². The summed E-state index contributed by atoms with van der Waals surface area (Å²) in [7, 11) is 0. The number of thioether (sulfide) groups is 1. The van der Waals surface area contributed by atoms with Crippen LogP contribution in [0.15, 0.2) is 45.8 Å². The molecule has 0 radical (unpaired) electrons. The molecule has 0 saturated carbocycles. The van der Waals surface area contributed by atoms with Crippen molar-refractivity contribution in [3.63, 3.8) is 0 Å². The summed E-state index contributed by atoms with van der Waals surface area (Å²) in [6, 6.07) is 8.82. The molecule has 0 spiro atoms. The van der Waals surface area contributed by atoms with E-state index < -0.39 is 29.4 Å². The third-order valence-corrected chi connectivity index (χ3v) is 5.76. The molecule has 10 heteroatoms. The topological polar surface area (TPSA) is 84.9 Å². The number of nitrogens with zero attached hydrogens (tertiary/aromatic N) is 1. The Morgan fingerprint density at radius 3 is 2.70 bits per heavy atom. The van der Waals surface area contributed by atoms with E-state index in [0.29, 0.717) is 28.1 Å². The molecule has 0 atom stereocenters. The van der Waals surface area contributed by atoms with Gasteiger partial charge < -0.3 is 14.8 Å². The summed E-state index contributed by atoms with van der Waals surface area (Å²) >= 11 is 4.21. The van der Waals surface area contributed by atoms with Crippen molar-refractivity contribution < 1.29 is 28.2 Å². The number of carbonyl (C=O) groups excluding carboxylic acids is 3. The second-order valence-corrected chi connectivity index (χ2v) is 9.10. The molecule has 0 bridgehead atoms. The van der Waals surface area contributed by atoms with Gasteiger partial charge in [0, 0.05) is 5.69 Å². The van der Waals surface area contributed by atoms with Crippen molar-refractivity contribution in [1.29, 1.82) is 0 Å². The van der Waals surface area contributed by atoms with Gasteiger partial charge in [-0.15, -0.1) is 0 Å². The Bertz CT molecular complexity index is 1120. The van der Waals surface area contributed by atoms with E-state index in [1.54, 1.807) is 18.2 Å². The fourth-order valence-corrected chi connectivity index (χ4v) is 4.37. The first-order valence-electron chi connectivity index (χ1n) is 10.1. The lowest BCUT2D eigenvalue weighted by Gasteiger charge is -2.17. The smallest absolute Gasteiger partial charge is 0.294 e. The van der Waals surface area contributed by atoms with Crippen molar-refractivity contribution in [3.8, 4) is 11.5 Å². The SMILES string of the molecule is CCOc1cc(/C=C2/SC(=O)N(CC(=O)Nc3cccc(F)c3)C2=O)cc(Br)c1OC(C)C. The zero-order valence-corrected chi connectivity index (χ0v) is 20.6. The first-order chi connectivity index (χ1) is 15.7. The number of halogens is 2. The molecular formula is C23H22BrFN2O5S. The van der Waals surface area contributed by atoms with Gasteiger partial charge in [0.15, 0.2) is 11.5 Å². The van der Waals surface area contributed by atoms with Gasteiger partial charge in [0.25, 0.3) is 11.1 Å². The highest BCUT2D eigenvalue weighted by Gasteiger charge is 2.36. The van der Waals surface area contributed by atoms with E-state index in [1.807, 2.05) is 20.8 Å². The summed E-state index contributed by atoms with van der Waals surface area (Å²) in [6.45, 7) is 5.59. The third kappa shape index (κ3) is 6.35. The molecule has 0 aromatic heterocycles. The zero-order valence-electron chi connectivity index (χ0n) is 18.2. The molecule has 2 aromatic rings. The Hall–Kier alpha value is -2.85. The molecule has 3 amide bonds. The van der Waals surface area contributed by atoms with Crippen LogP contribution >= 0.6 is 27.7 Å². The molecule has 1 fully saturated rings. The number of benzene rings is 2. The van der Waals surface area contributed by atoms with E-state index in [1.165, 1.54) is 18.2 Å². The standard InChI is InChI=1S/C23H22BrFN2O5S/c1-4-31-18-9-14(8-17(24)21(18)32-13(2)3)10-19-22(29)27(23(30)33-19)12-20(28)26-16-7-5-6-15(25)11-16/h5-11,13H,4,12H2,1-3H3,(H,26,28)/b19-10+. The molecule has 174 valence electrons. The van der Waals surface area contributed by atoms with Gasteiger partial charge >= 0.3 is 0 Å². The number of ether oxygens (including phenoxy) is 2. The Morgan fingerprint density at radius 1 is 1.27 bits per heavy atom. The fraction of sp³-hybridized carbons (Fsp3) is 0.261. The Labute approximate surface area is 203 Å². The third-order valence-electron chi connectivity index (χ3n) is 4.27. The highest BCUT2D eigenvalue weighted by atomic mass is 79.9. The van der Waals surface area contributed by atoms with Gasteiger partial charge in [0.2, 0.25) is 5.91 Å². The highest BCUT2D eigenvalue weighted by Crippen LogP contribution is 2.39. The van der Waals surface area contributed by atoms with Crippen molar-refractivity contribution >= 4 is 56.5 Å². The van der Waals surface area contributed by atoms with Crippen molar-refractivity contribution in [2.45, 2.75) is 26.9 Å². The molecule has 2 aromatic carbocycles. The first kappa shape index (κ1) is 24.8. The molecule has 1 N–H and O–H groups in total. The van der Waals surface area contributed by atoms with Crippen LogP contribution in [0.2, 0.25) is 0 Å². The lowest BCUT2D eigenvalue weighted by Crippen LogP contribution is -2.36. The van der Waals surface area contributed by atoms with Gasteiger partial charge in [-0.1, -0.05) is 6.07 Å². The van der Waals surface area contributed by atoms with Gasteiger partial charge in [-0.05, 0) is 90.4 Å². The van der Waals surface area contributed by atoms with Crippen molar-refractivity contribution in [1.82, 2.24) is 4.90 Å². The largest absolute Gasteiger partial charge is 0.490 e. The lowest BCUT2D eigenvalue weighted by atomic mass is 10.1. The molecule has 0 unspecified atom stereocenters. The summed E-state index contributed by atoms with van der Waals surface area (Å²) in [5, 5.41) is 1.91. The highest BCUT2D eigenvalue weighted by molar-refractivity contribution is 9.10. The average molecular weight is 537 g/mol. The Morgan fingerprint density at radius 2 is 2.03 bits per heavy atom. The minimum Gasteiger partial charge on any atom is -0.490 e. The number of rotatable bonds is 8. The minimum atomic E-state index is -0.610. The summed E-state index contributed by atoms with van der Waals surface area (Å²) in [6.07, 6.45) is 1.49. The Balaban J connectivity index is 1.78. The van der Waals surface area contributed by atoms with E-state index in [-0.39, 0.29) is 16.7 Å². The molecule has 3 rings (SSSR count). The molecule has 7 nitrogen and oxygen atoms in total. The molecule has 1 saturated heterocycles. The number of carbonyl (C=O) groups is 3. The molecule has 1 aliphatic rings. The normalized spacial score (nSPS) is 14.8. The predicted molar refractivity (Wildman–Crippen MR) is 129 cm³/mol. The maximum atomic E-state index is 13.3. The summed E-state index contributed by atoms with van der Waals surface area (Å²) in [5.74, 6) is -0.660. The second-order valence-electron chi connectivity index (χ2n) is 7.26. The quantitative estimate of drug-likeness (QED) is 0.451. The predicted octanol–water partition coefficient (Wildman–Crippen LogP) is 5.45. The van der Waals surface area contributed by atoms with Crippen molar-refractivity contribution in [2.24, 2.45) is 0 Å². The van der Waals surface area contributed by atoms with Crippen LogP contribution in [0.5, 0.6) is 11.5 Å². The average Bonchev–Trinajstić information content (AvgIpc) is 2.98. The number of nitrogens with one attached hydrogen (secondary N) is 1. The Kier molecular flexibility index (Phi) is 8.15. The summed E-state index contributed by atoms with van der Waals surface area (Å²) in [4.78, 5) is 38.4. The number of anilines is 1. The molecule has 1 aliphatic heterocycles. The van der Waals surface area contributed by atoms with E-state index in [9.17, 15) is 18.8 Å². The van der Waals surface area contributed by atoms with Crippen LogP contribution in [0.4, 0.5) is 14.9 Å². The summed E-state index contributed by atoms with van der Waals surface area (Å²) < 4.78 is 25.4. The van der Waals surface area contributed by atoms with Crippen molar-refractivity contribution in [2.75, 3.05) is 18.5 Å². The van der Waals surface area contributed by atoms with E-state index in [4.69, 9.17) is 9.47 Å². The number of hydrogen-bond donors (Lipinski definition) is 1. The van der Waals surface area contributed by atoms with Gasteiger partial charge in [0.05, 0.1) is 22.1 Å². The van der Waals surface area contributed by atoms with E-state index >= 15 is 0 Å². The maximum Gasteiger partial charge on any atom is 0.294 e. The minimum absolute atomic E-state index is 0.0682. The molecule has 1 heterocycles. The number of imide groups is 1. The monoisotopic (exact) mass is 536 g/mol. The van der Waals surface area contributed by atoms with Crippen LogP contribution in [-0.4, -0.2) is 41.2 Å². The van der Waals surface area contributed by atoms with E-state index in [0.717, 1.165) is 22.7 Å². The van der Waals surface area contributed by atoms with Gasteiger partial charge in [0.1, 0.15) is 12.4 Å². The zero-order chi connectivity index (χ0) is 24.1. The molecule has 33 heavy (non-hydrogen) atoms. The second kappa shape index (κ2) is 10.8. The molecular weight excluding hydrogens is 515 g/mol.